The third-order valence-electron chi connectivity index (χ3n) is 4.79. The number of nitrogens with zero attached hydrogens (tertiary/aromatic N) is 4. The van der Waals surface area contributed by atoms with Gasteiger partial charge in [0.2, 0.25) is 5.95 Å². The number of urea groups is 1. The fraction of sp³-hybridized carbons (Fsp3) is 0.476. The van der Waals surface area contributed by atoms with Crippen LogP contribution in [-0.2, 0) is 0 Å². The van der Waals surface area contributed by atoms with Gasteiger partial charge in [-0.2, -0.15) is 0 Å². The van der Waals surface area contributed by atoms with E-state index in [9.17, 15) is 4.79 Å². The van der Waals surface area contributed by atoms with Crippen molar-refractivity contribution in [3.8, 4) is 5.75 Å². The number of benzene rings is 1. The highest BCUT2D eigenvalue weighted by molar-refractivity contribution is 5.73. The van der Waals surface area contributed by atoms with E-state index in [2.05, 4.69) is 30.4 Å². The van der Waals surface area contributed by atoms with Crippen LogP contribution < -0.4 is 20.3 Å². The molecule has 1 aliphatic rings. The molecule has 0 bridgehead atoms. The molecule has 0 aliphatic carbocycles. The number of nitrogens with one attached hydrogen (secondary N) is 2. The van der Waals surface area contributed by atoms with Gasteiger partial charge in [0, 0.05) is 58.2 Å². The summed E-state index contributed by atoms with van der Waals surface area (Å²) in [5, 5.41) is 5.79. The first kappa shape index (κ1) is 20.9. The number of carbonyl (C=O) groups excluding carboxylic acids is 1. The first-order chi connectivity index (χ1) is 14.2. The molecule has 2 N–H and O–H groups in total. The van der Waals surface area contributed by atoms with Gasteiger partial charge in [-0.15, -0.1) is 0 Å². The van der Waals surface area contributed by atoms with Gasteiger partial charge in [-0.05, 0) is 37.1 Å². The average Bonchev–Trinajstić information content (AvgIpc) is 2.75. The Bertz CT molecular complexity index is 750. The third kappa shape index (κ3) is 7.23. The molecule has 0 radical (unpaired) electrons. The molecule has 29 heavy (non-hydrogen) atoms. The molecule has 1 saturated heterocycles. The normalized spacial score (nSPS) is 14.4. The lowest BCUT2D eigenvalue weighted by molar-refractivity contribution is 0.230. The fourth-order valence-corrected chi connectivity index (χ4v) is 3.19. The molecule has 0 saturated carbocycles. The number of ether oxygens (including phenoxy) is 1. The van der Waals surface area contributed by atoms with Crippen LogP contribution in [0, 0.1) is 6.92 Å². The average molecular weight is 399 g/mol. The van der Waals surface area contributed by atoms with Gasteiger partial charge < -0.3 is 20.3 Å². The topological polar surface area (TPSA) is 82.6 Å². The Morgan fingerprint density at radius 2 is 1.83 bits per heavy atom. The second-order valence-corrected chi connectivity index (χ2v) is 7.08. The molecular weight excluding hydrogens is 368 g/mol. The highest BCUT2D eigenvalue weighted by atomic mass is 16.5. The molecule has 8 nitrogen and oxygen atoms in total. The number of aryl methyl sites for hydroxylation is 1. The Morgan fingerprint density at radius 1 is 1.07 bits per heavy atom. The maximum Gasteiger partial charge on any atom is 0.314 e. The number of aromatic nitrogens is 2. The molecule has 0 unspecified atom stereocenters. The standard InChI is InChI=1S/C21H30N6O2/c1-18-5-2-6-19(17-18)29-16-4-9-24-21(28)25-10-11-26-12-14-27(15-13-26)20-22-7-3-8-23-20/h2-3,5-8,17H,4,9-16H2,1H3,(H2,24,25,28). The van der Waals surface area contributed by atoms with Crippen molar-refractivity contribution < 1.29 is 9.53 Å². The fourth-order valence-electron chi connectivity index (χ4n) is 3.19. The van der Waals surface area contributed by atoms with Crippen molar-refractivity contribution in [2.24, 2.45) is 0 Å². The maximum absolute atomic E-state index is 11.9. The van der Waals surface area contributed by atoms with Crippen LogP contribution in [0.1, 0.15) is 12.0 Å². The second kappa shape index (κ2) is 11.2. The number of hydrogen-bond acceptors (Lipinski definition) is 6. The Labute approximate surface area is 172 Å². The van der Waals surface area contributed by atoms with E-state index in [1.807, 2.05) is 37.3 Å². The summed E-state index contributed by atoms with van der Waals surface area (Å²) in [5.41, 5.74) is 1.18. The quantitative estimate of drug-likeness (QED) is 0.626. The molecule has 3 rings (SSSR count). The van der Waals surface area contributed by atoms with E-state index in [4.69, 9.17) is 4.74 Å². The number of anilines is 1. The molecule has 1 aromatic carbocycles. The molecule has 2 amide bonds. The summed E-state index contributed by atoms with van der Waals surface area (Å²) in [6, 6.07) is 9.67. The number of amides is 2. The number of rotatable bonds is 9. The van der Waals surface area contributed by atoms with Crippen LogP contribution in [0.25, 0.3) is 0 Å². The van der Waals surface area contributed by atoms with Crippen LogP contribution in [0.5, 0.6) is 5.75 Å². The lowest BCUT2D eigenvalue weighted by Gasteiger charge is -2.34. The summed E-state index contributed by atoms with van der Waals surface area (Å²) in [5.74, 6) is 1.66. The first-order valence-corrected chi connectivity index (χ1v) is 10.2. The van der Waals surface area contributed by atoms with Gasteiger partial charge in [0.1, 0.15) is 5.75 Å². The first-order valence-electron chi connectivity index (χ1n) is 10.2. The van der Waals surface area contributed by atoms with Gasteiger partial charge >= 0.3 is 6.03 Å². The Morgan fingerprint density at radius 3 is 2.59 bits per heavy atom. The summed E-state index contributed by atoms with van der Waals surface area (Å²) in [4.78, 5) is 25.0. The van der Waals surface area contributed by atoms with Crippen LogP contribution in [0.2, 0.25) is 0 Å². The van der Waals surface area contributed by atoms with Crippen molar-refractivity contribution >= 4 is 12.0 Å². The van der Waals surface area contributed by atoms with Gasteiger partial charge in [0.05, 0.1) is 6.61 Å². The lowest BCUT2D eigenvalue weighted by atomic mass is 10.2. The van der Waals surface area contributed by atoms with E-state index in [-0.39, 0.29) is 6.03 Å². The maximum atomic E-state index is 11.9. The zero-order valence-corrected chi connectivity index (χ0v) is 17.0. The predicted octanol–water partition coefficient (Wildman–Crippen LogP) is 1.68. The summed E-state index contributed by atoms with van der Waals surface area (Å²) in [7, 11) is 0. The number of hydrogen-bond donors (Lipinski definition) is 2. The summed E-state index contributed by atoms with van der Waals surface area (Å²) >= 11 is 0. The monoisotopic (exact) mass is 398 g/mol. The van der Waals surface area contributed by atoms with Crippen molar-refractivity contribution in [3.63, 3.8) is 0 Å². The predicted molar refractivity (Wildman–Crippen MR) is 113 cm³/mol. The van der Waals surface area contributed by atoms with E-state index < -0.39 is 0 Å². The Kier molecular flexibility index (Phi) is 8.06. The number of piperazine rings is 1. The molecule has 1 fully saturated rings. The Hall–Kier alpha value is -2.87. The van der Waals surface area contributed by atoms with Gasteiger partial charge in [-0.3, -0.25) is 4.90 Å². The van der Waals surface area contributed by atoms with Crippen LogP contribution in [0.4, 0.5) is 10.7 Å². The Balaban J connectivity index is 1.21. The van der Waals surface area contributed by atoms with Crippen LogP contribution >= 0.6 is 0 Å². The van der Waals surface area contributed by atoms with E-state index in [0.29, 0.717) is 19.7 Å². The molecule has 1 aromatic heterocycles. The molecule has 8 heteroatoms. The SMILES string of the molecule is Cc1cccc(OCCCNC(=O)NCCN2CCN(c3ncccn3)CC2)c1. The van der Waals surface area contributed by atoms with E-state index >= 15 is 0 Å². The largest absolute Gasteiger partial charge is 0.494 e. The highest BCUT2D eigenvalue weighted by Crippen LogP contribution is 2.12. The number of carbonyl (C=O) groups is 1. The zero-order chi connectivity index (χ0) is 20.3. The van der Waals surface area contributed by atoms with Crippen LogP contribution in [-0.4, -0.2) is 73.3 Å². The van der Waals surface area contributed by atoms with Crippen LogP contribution in [0.3, 0.4) is 0 Å². The van der Waals surface area contributed by atoms with E-state index in [1.54, 1.807) is 12.4 Å². The smallest absolute Gasteiger partial charge is 0.314 e. The van der Waals surface area contributed by atoms with Crippen molar-refractivity contribution in [1.82, 2.24) is 25.5 Å². The minimum Gasteiger partial charge on any atom is -0.494 e. The third-order valence-corrected chi connectivity index (χ3v) is 4.79. The van der Waals surface area contributed by atoms with Gasteiger partial charge in [0.25, 0.3) is 0 Å². The molecule has 156 valence electrons. The molecule has 0 spiro atoms. The molecular formula is C21H30N6O2. The molecule has 2 aromatic rings. The van der Waals surface area contributed by atoms with Crippen molar-refractivity contribution in [2.45, 2.75) is 13.3 Å². The molecule has 2 heterocycles. The zero-order valence-electron chi connectivity index (χ0n) is 17.0. The minimum atomic E-state index is -0.128. The highest BCUT2D eigenvalue weighted by Gasteiger charge is 2.18. The molecule has 1 aliphatic heterocycles. The minimum absolute atomic E-state index is 0.128. The van der Waals surface area contributed by atoms with Gasteiger partial charge in [-0.25, -0.2) is 14.8 Å². The van der Waals surface area contributed by atoms with Crippen molar-refractivity contribution in [1.29, 1.82) is 0 Å². The van der Waals surface area contributed by atoms with Gasteiger partial charge in [-0.1, -0.05) is 12.1 Å². The van der Waals surface area contributed by atoms with Gasteiger partial charge in [0.15, 0.2) is 0 Å². The lowest BCUT2D eigenvalue weighted by Crippen LogP contribution is -2.49. The summed E-state index contributed by atoms with van der Waals surface area (Å²) < 4.78 is 5.68. The second-order valence-electron chi connectivity index (χ2n) is 7.08. The van der Waals surface area contributed by atoms with Crippen LogP contribution in [0.15, 0.2) is 42.7 Å². The summed E-state index contributed by atoms with van der Waals surface area (Å²) in [6.07, 6.45) is 4.31. The van der Waals surface area contributed by atoms with Crippen molar-refractivity contribution in [3.05, 3.63) is 48.3 Å². The summed E-state index contributed by atoms with van der Waals surface area (Å²) in [6.45, 7) is 8.37. The van der Waals surface area contributed by atoms with E-state index in [0.717, 1.165) is 50.8 Å². The van der Waals surface area contributed by atoms with E-state index in [1.165, 1.54) is 5.56 Å². The van der Waals surface area contributed by atoms with Crippen molar-refractivity contribution in [2.75, 3.05) is 57.3 Å². The molecule has 0 atom stereocenters.